The van der Waals surface area contributed by atoms with Gasteiger partial charge in [0.2, 0.25) is 11.8 Å². The van der Waals surface area contributed by atoms with Crippen molar-refractivity contribution in [1.82, 2.24) is 5.32 Å². The molecule has 1 unspecified atom stereocenters. The van der Waals surface area contributed by atoms with E-state index in [2.05, 4.69) is 17.6 Å². The minimum Gasteiger partial charge on any atom is -0.350 e. The summed E-state index contributed by atoms with van der Waals surface area (Å²) in [7, 11) is 0. The van der Waals surface area contributed by atoms with Gasteiger partial charge >= 0.3 is 0 Å². The fraction of sp³-hybridized carbons (Fsp3) is 0.556. The van der Waals surface area contributed by atoms with Crippen LogP contribution in [0.15, 0.2) is 18.2 Å². The van der Waals surface area contributed by atoms with Crippen LogP contribution in [0.5, 0.6) is 0 Å². The van der Waals surface area contributed by atoms with E-state index >= 15 is 0 Å². The maximum atomic E-state index is 13.8. The highest BCUT2D eigenvalue weighted by Gasteiger charge is 2.52. The van der Waals surface area contributed by atoms with E-state index in [1.54, 1.807) is 12.1 Å². The second-order valence-corrected chi connectivity index (χ2v) is 7.33. The first-order valence-electron chi connectivity index (χ1n) is 8.39. The number of para-hydroxylation sites is 1. The van der Waals surface area contributed by atoms with E-state index in [1.807, 2.05) is 0 Å². The van der Waals surface area contributed by atoms with Crippen molar-refractivity contribution in [2.45, 2.75) is 50.5 Å². The second kappa shape index (κ2) is 5.05. The number of amides is 2. The van der Waals surface area contributed by atoms with Crippen LogP contribution in [0, 0.1) is 17.7 Å². The number of fused-ring (bicyclic) bond motifs is 1. The maximum absolute atomic E-state index is 13.8. The van der Waals surface area contributed by atoms with Crippen LogP contribution in [0.2, 0.25) is 0 Å². The Kier molecular flexibility index (Phi) is 3.22. The van der Waals surface area contributed by atoms with Crippen molar-refractivity contribution >= 4 is 17.5 Å². The monoisotopic (exact) mass is 316 g/mol. The molecule has 2 saturated carbocycles. The van der Waals surface area contributed by atoms with E-state index in [0.29, 0.717) is 17.4 Å². The van der Waals surface area contributed by atoms with Gasteiger partial charge in [-0.05, 0) is 56.1 Å². The Morgan fingerprint density at radius 1 is 1.30 bits per heavy atom. The molecule has 0 saturated heterocycles. The quantitative estimate of drug-likeness (QED) is 0.877. The van der Waals surface area contributed by atoms with Gasteiger partial charge in [-0.1, -0.05) is 12.1 Å². The third kappa shape index (κ3) is 2.52. The molecule has 1 aromatic rings. The van der Waals surface area contributed by atoms with Crippen LogP contribution in [-0.4, -0.2) is 17.4 Å². The molecule has 0 spiro atoms. The zero-order valence-electron chi connectivity index (χ0n) is 13.2. The number of nitrogens with one attached hydrogen (secondary N) is 2. The van der Waals surface area contributed by atoms with Gasteiger partial charge in [-0.3, -0.25) is 9.59 Å². The Labute approximate surface area is 134 Å². The summed E-state index contributed by atoms with van der Waals surface area (Å²) in [6.45, 7) is 2.14. The molecule has 0 radical (unpaired) electrons. The highest BCUT2D eigenvalue weighted by atomic mass is 19.1. The summed E-state index contributed by atoms with van der Waals surface area (Å²) in [5.74, 6) is -0.298. The van der Waals surface area contributed by atoms with Crippen molar-refractivity contribution in [2.24, 2.45) is 11.8 Å². The van der Waals surface area contributed by atoms with Gasteiger partial charge in [0.15, 0.2) is 0 Å². The SMILES string of the molecule is CC(NC(=O)CC1C(=O)Nc2c(F)cccc21)(C1CC1)C1CC1. The lowest BCUT2D eigenvalue weighted by molar-refractivity contribution is -0.126. The predicted molar refractivity (Wildman–Crippen MR) is 84.4 cm³/mol. The predicted octanol–water partition coefficient (Wildman–Crippen LogP) is 2.95. The fourth-order valence-electron chi connectivity index (χ4n) is 3.96. The zero-order chi connectivity index (χ0) is 16.2. The van der Waals surface area contributed by atoms with Crippen molar-refractivity contribution in [3.8, 4) is 0 Å². The Morgan fingerprint density at radius 3 is 2.57 bits per heavy atom. The summed E-state index contributed by atoms with van der Waals surface area (Å²) >= 11 is 0. The Bertz CT molecular complexity index is 668. The standard InChI is InChI=1S/C18H21FN2O2/c1-18(10-5-6-10,11-7-8-11)21-15(22)9-13-12-3-2-4-14(19)16(12)20-17(13)23/h2-4,10-11,13H,5-9H2,1H3,(H,20,23)(H,21,22). The number of rotatable bonds is 5. The van der Waals surface area contributed by atoms with Crippen LogP contribution in [0.25, 0.3) is 0 Å². The van der Waals surface area contributed by atoms with Crippen LogP contribution in [-0.2, 0) is 9.59 Å². The normalized spacial score (nSPS) is 23.4. The van der Waals surface area contributed by atoms with Crippen LogP contribution in [0.1, 0.15) is 50.5 Å². The van der Waals surface area contributed by atoms with Gasteiger partial charge in [-0.25, -0.2) is 4.39 Å². The lowest BCUT2D eigenvalue weighted by Crippen LogP contribution is -2.50. The minimum absolute atomic E-state index is 0.0807. The number of benzene rings is 1. The highest BCUT2D eigenvalue weighted by Crippen LogP contribution is 2.52. The smallest absolute Gasteiger partial charge is 0.232 e. The van der Waals surface area contributed by atoms with Crippen molar-refractivity contribution in [3.05, 3.63) is 29.6 Å². The maximum Gasteiger partial charge on any atom is 0.232 e. The van der Waals surface area contributed by atoms with Gasteiger partial charge in [0.05, 0.1) is 11.6 Å². The molecular weight excluding hydrogens is 295 g/mol. The summed E-state index contributed by atoms with van der Waals surface area (Å²) in [5, 5.41) is 5.76. The molecule has 2 fully saturated rings. The second-order valence-electron chi connectivity index (χ2n) is 7.33. The third-order valence-electron chi connectivity index (χ3n) is 5.64. The molecule has 1 aromatic carbocycles. The average Bonchev–Trinajstić information content (AvgIpc) is 3.38. The molecule has 5 heteroatoms. The summed E-state index contributed by atoms with van der Waals surface area (Å²) in [4.78, 5) is 24.7. The summed E-state index contributed by atoms with van der Waals surface area (Å²) in [6, 6.07) is 4.62. The van der Waals surface area contributed by atoms with Crippen molar-refractivity contribution in [3.63, 3.8) is 0 Å². The lowest BCUT2D eigenvalue weighted by atomic mass is 9.88. The van der Waals surface area contributed by atoms with Crippen LogP contribution < -0.4 is 10.6 Å². The van der Waals surface area contributed by atoms with Crippen LogP contribution in [0.3, 0.4) is 0 Å². The number of hydrogen-bond acceptors (Lipinski definition) is 2. The largest absolute Gasteiger partial charge is 0.350 e. The number of halogens is 1. The molecule has 122 valence electrons. The van der Waals surface area contributed by atoms with Crippen molar-refractivity contribution in [1.29, 1.82) is 0 Å². The average molecular weight is 316 g/mol. The molecule has 0 aromatic heterocycles. The molecule has 2 amide bonds. The van der Waals surface area contributed by atoms with Crippen LogP contribution >= 0.6 is 0 Å². The fourth-order valence-corrected chi connectivity index (χ4v) is 3.96. The number of hydrogen-bond donors (Lipinski definition) is 2. The summed E-state index contributed by atoms with van der Waals surface area (Å²) < 4.78 is 13.8. The molecule has 1 aliphatic heterocycles. The van der Waals surface area contributed by atoms with E-state index in [9.17, 15) is 14.0 Å². The summed E-state index contributed by atoms with van der Waals surface area (Å²) in [5.41, 5.74) is 0.684. The first-order chi connectivity index (χ1) is 11.0. The first kappa shape index (κ1) is 14.7. The molecule has 4 nitrogen and oxygen atoms in total. The summed E-state index contributed by atoms with van der Waals surface area (Å²) in [6.07, 6.45) is 4.77. The highest BCUT2D eigenvalue weighted by molar-refractivity contribution is 6.05. The topological polar surface area (TPSA) is 58.2 Å². The van der Waals surface area contributed by atoms with E-state index < -0.39 is 11.7 Å². The van der Waals surface area contributed by atoms with Gasteiger partial charge in [0, 0.05) is 12.0 Å². The molecule has 2 aliphatic carbocycles. The van der Waals surface area contributed by atoms with Gasteiger partial charge in [0.25, 0.3) is 0 Å². The number of anilines is 1. The molecule has 23 heavy (non-hydrogen) atoms. The third-order valence-corrected chi connectivity index (χ3v) is 5.64. The molecule has 3 aliphatic rings. The van der Waals surface area contributed by atoms with E-state index in [1.165, 1.54) is 31.7 Å². The van der Waals surface area contributed by atoms with Crippen LogP contribution in [0.4, 0.5) is 10.1 Å². The molecule has 4 rings (SSSR count). The molecular formula is C18H21FN2O2. The van der Waals surface area contributed by atoms with Crippen molar-refractivity contribution in [2.75, 3.05) is 5.32 Å². The van der Waals surface area contributed by atoms with E-state index in [0.717, 1.165) is 0 Å². The molecule has 1 heterocycles. The first-order valence-corrected chi connectivity index (χ1v) is 8.39. The molecule has 0 bridgehead atoms. The Morgan fingerprint density at radius 2 is 1.96 bits per heavy atom. The number of carbonyl (C=O) groups is 2. The Hall–Kier alpha value is -1.91. The zero-order valence-corrected chi connectivity index (χ0v) is 13.2. The van der Waals surface area contributed by atoms with Gasteiger partial charge < -0.3 is 10.6 Å². The van der Waals surface area contributed by atoms with Gasteiger partial charge in [-0.2, -0.15) is 0 Å². The van der Waals surface area contributed by atoms with E-state index in [-0.39, 0.29) is 29.5 Å². The lowest BCUT2D eigenvalue weighted by Gasteiger charge is -2.31. The minimum atomic E-state index is -0.594. The molecule has 2 N–H and O–H groups in total. The van der Waals surface area contributed by atoms with E-state index in [4.69, 9.17) is 0 Å². The van der Waals surface area contributed by atoms with Crippen molar-refractivity contribution < 1.29 is 14.0 Å². The number of carbonyl (C=O) groups excluding carboxylic acids is 2. The Balaban J connectivity index is 1.49. The van der Waals surface area contributed by atoms with Gasteiger partial charge in [-0.15, -0.1) is 0 Å². The van der Waals surface area contributed by atoms with Gasteiger partial charge in [0.1, 0.15) is 5.82 Å². The molecule has 1 atom stereocenters.